The molecule has 0 fully saturated rings. The summed E-state index contributed by atoms with van der Waals surface area (Å²) >= 11 is 1.35. The number of para-hydroxylation sites is 1. The summed E-state index contributed by atoms with van der Waals surface area (Å²) in [4.78, 5) is 22.7. The Morgan fingerprint density at radius 2 is 2.17 bits per heavy atom. The van der Waals surface area contributed by atoms with E-state index in [9.17, 15) is 4.79 Å². The number of nitrogens with one attached hydrogen (secondary N) is 1. The quantitative estimate of drug-likeness (QED) is 0.731. The molecule has 1 aromatic carbocycles. The molecule has 0 bridgehead atoms. The molecule has 18 heavy (non-hydrogen) atoms. The molecule has 5 heteroatoms. The molecule has 0 unspecified atom stereocenters. The molecule has 4 nitrogen and oxygen atoms in total. The van der Waals surface area contributed by atoms with Crippen molar-refractivity contribution in [3.63, 3.8) is 0 Å². The Bertz CT molecular complexity index is 695. The van der Waals surface area contributed by atoms with Gasteiger partial charge in [-0.2, -0.15) is 0 Å². The number of pyridine rings is 1. The Balaban J connectivity index is 2.11. The van der Waals surface area contributed by atoms with Crippen molar-refractivity contribution in [3.05, 3.63) is 48.3 Å². The Hall–Kier alpha value is -2.14. The van der Waals surface area contributed by atoms with Crippen LogP contribution in [0.25, 0.3) is 10.9 Å². The lowest BCUT2D eigenvalue weighted by molar-refractivity contribution is 0.112. The van der Waals surface area contributed by atoms with E-state index in [1.54, 1.807) is 12.4 Å². The van der Waals surface area contributed by atoms with E-state index >= 15 is 0 Å². The summed E-state index contributed by atoms with van der Waals surface area (Å²) in [6.07, 6.45) is 4.23. The zero-order chi connectivity index (χ0) is 12.4. The van der Waals surface area contributed by atoms with Crippen molar-refractivity contribution in [3.8, 4) is 0 Å². The number of fused-ring (bicyclic) bond motifs is 1. The van der Waals surface area contributed by atoms with Crippen molar-refractivity contribution < 1.29 is 4.79 Å². The number of carbonyl (C=O) groups is 1. The van der Waals surface area contributed by atoms with Crippen LogP contribution in [-0.4, -0.2) is 21.2 Å². The van der Waals surface area contributed by atoms with Gasteiger partial charge in [0.25, 0.3) is 0 Å². The molecule has 88 valence electrons. The molecule has 0 saturated heterocycles. The monoisotopic (exact) mass is 255 g/mol. The summed E-state index contributed by atoms with van der Waals surface area (Å²) in [6, 6.07) is 9.57. The molecule has 0 aliphatic carbocycles. The van der Waals surface area contributed by atoms with E-state index in [1.165, 1.54) is 11.8 Å². The molecule has 0 aliphatic heterocycles. The van der Waals surface area contributed by atoms with Gasteiger partial charge in [0, 0.05) is 23.3 Å². The maximum absolute atomic E-state index is 11.1. The van der Waals surface area contributed by atoms with Crippen LogP contribution in [0.2, 0.25) is 0 Å². The number of imidazole rings is 1. The Morgan fingerprint density at radius 1 is 1.28 bits per heavy atom. The molecule has 1 N–H and O–H groups in total. The SMILES string of the molecule is O=Cc1cc2ccccc2nc1Sc1ncc[nH]1. The zero-order valence-corrected chi connectivity index (χ0v) is 10.1. The third kappa shape index (κ3) is 2.00. The normalized spacial score (nSPS) is 10.7. The summed E-state index contributed by atoms with van der Waals surface area (Å²) in [6.45, 7) is 0. The first kappa shape index (κ1) is 11.0. The minimum Gasteiger partial charge on any atom is -0.339 e. The summed E-state index contributed by atoms with van der Waals surface area (Å²) in [5.74, 6) is 0. The number of aldehydes is 1. The van der Waals surface area contributed by atoms with Crippen LogP contribution in [-0.2, 0) is 0 Å². The van der Waals surface area contributed by atoms with Crippen molar-refractivity contribution in [2.24, 2.45) is 0 Å². The fraction of sp³-hybridized carbons (Fsp3) is 0. The van der Waals surface area contributed by atoms with Crippen molar-refractivity contribution in [1.29, 1.82) is 0 Å². The van der Waals surface area contributed by atoms with Gasteiger partial charge in [-0.25, -0.2) is 9.97 Å². The van der Waals surface area contributed by atoms with Gasteiger partial charge < -0.3 is 4.98 Å². The molecular weight excluding hydrogens is 246 g/mol. The number of nitrogens with zero attached hydrogens (tertiary/aromatic N) is 2. The lowest BCUT2D eigenvalue weighted by Crippen LogP contribution is -1.91. The minimum atomic E-state index is 0.579. The second-order valence-corrected chi connectivity index (χ2v) is 4.67. The van der Waals surface area contributed by atoms with Crippen molar-refractivity contribution in [2.75, 3.05) is 0 Å². The van der Waals surface area contributed by atoms with Gasteiger partial charge in [0.2, 0.25) is 0 Å². The highest BCUT2D eigenvalue weighted by Crippen LogP contribution is 2.27. The number of H-pyrrole nitrogens is 1. The third-order valence-corrected chi connectivity index (χ3v) is 3.45. The maximum Gasteiger partial charge on any atom is 0.171 e. The van der Waals surface area contributed by atoms with Crippen LogP contribution in [0.4, 0.5) is 0 Å². The predicted octanol–water partition coefficient (Wildman–Crippen LogP) is 2.92. The van der Waals surface area contributed by atoms with Crippen molar-refractivity contribution in [1.82, 2.24) is 15.0 Å². The van der Waals surface area contributed by atoms with E-state index in [2.05, 4.69) is 15.0 Å². The smallest absolute Gasteiger partial charge is 0.171 e. The van der Waals surface area contributed by atoms with Gasteiger partial charge in [0.05, 0.1) is 5.52 Å². The minimum absolute atomic E-state index is 0.579. The van der Waals surface area contributed by atoms with Crippen LogP contribution in [0.5, 0.6) is 0 Å². The van der Waals surface area contributed by atoms with E-state index in [-0.39, 0.29) is 0 Å². The van der Waals surface area contributed by atoms with Gasteiger partial charge in [0.1, 0.15) is 5.03 Å². The topological polar surface area (TPSA) is 58.6 Å². The van der Waals surface area contributed by atoms with Gasteiger partial charge in [-0.1, -0.05) is 18.2 Å². The van der Waals surface area contributed by atoms with E-state index in [0.717, 1.165) is 22.3 Å². The molecule has 0 spiro atoms. The van der Waals surface area contributed by atoms with E-state index < -0.39 is 0 Å². The van der Waals surface area contributed by atoms with Gasteiger partial charge >= 0.3 is 0 Å². The number of aromatic amines is 1. The number of aromatic nitrogens is 3. The predicted molar refractivity (Wildman–Crippen MR) is 69.8 cm³/mol. The first-order valence-electron chi connectivity index (χ1n) is 5.39. The van der Waals surface area contributed by atoms with Crippen LogP contribution in [0.1, 0.15) is 10.4 Å². The van der Waals surface area contributed by atoms with Gasteiger partial charge in [0.15, 0.2) is 11.4 Å². The molecule has 3 aromatic rings. The number of carbonyl (C=O) groups excluding carboxylic acids is 1. The number of hydrogen-bond donors (Lipinski definition) is 1. The second kappa shape index (κ2) is 4.62. The van der Waals surface area contributed by atoms with Crippen LogP contribution < -0.4 is 0 Å². The Morgan fingerprint density at radius 3 is 2.94 bits per heavy atom. The highest BCUT2D eigenvalue weighted by molar-refractivity contribution is 7.99. The first-order chi connectivity index (χ1) is 8.86. The lowest BCUT2D eigenvalue weighted by atomic mass is 10.2. The standard InChI is InChI=1S/C13H9N3OS/c17-8-10-7-9-3-1-2-4-11(9)16-12(10)18-13-14-5-6-15-13/h1-8H,(H,14,15). The van der Waals surface area contributed by atoms with Gasteiger partial charge in [-0.15, -0.1) is 0 Å². The number of rotatable bonds is 3. The van der Waals surface area contributed by atoms with Crippen molar-refractivity contribution in [2.45, 2.75) is 10.2 Å². The zero-order valence-electron chi connectivity index (χ0n) is 9.33. The van der Waals surface area contributed by atoms with Crippen molar-refractivity contribution >= 4 is 29.0 Å². The highest BCUT2D eigenvalue weighted by atomic mass is 32.2. The van der Waals surface area contributed by atoms with Crippen LogP contribution in [0, 0.1) is 0 Å². The molecule has 0 amide bonds. The highest BCUT2D eigenvalue weighted by Gasteiger charge is 2.09. The molecule has 2 heterocycles. The molecule has 0 saturated carbocycles. The van der Waals surface area contributed by atoms with Gasteiger partial charge in [-0.05, 0) is 23.9 Å². The number of hydrogen-bond acceptors (Lipinski definition) is 4. The molecular formula is C13H9N3OS. The third-order valence-electron chi connectivity index (χ3n) is 2.51. The van der Waals surface area contributed by atoms with E-state index in [1.807, 2.05) is 30.3 Å². The maximum atomic E-state index is 11.1. The van der Waals surface area contributed by atoms with E-state index in [0.29, 0.717) is 10.6 Å². The Labute approximate surface area is 107 Å². The first-order valence-corrected chi connectivity index (χ1v) is 6.20. The van der Waals surface area contributed by atoms with Gasteiger partial charge in [-0.3, -0.25) is 4.79 Å². The second-order valence-electron chi connectivity index (χ2n) is 3.69. The largest absolute Gasteiger partial charge is 0.339 e. The fourth-order valence-electron chi connectivity index (χ4n) is 1.68. The summed E-state index contributed by atoms with van der Waals surface area (Å²) in [7, 11) is 0. The van der Waals surface area contributed by atoms with Crippen LogP contribution in [0.3, 0.4) is 0 Å². The van der Waals surface area contributed by atoms with Crippen LogP contribution >= 0.6 is 11.8 Å². The summed E-state index contributed by atoms with van der Waals surface area (Å²) < 4.78 is 0. The summed E-state index contributed by atoms with van der Waals surface area (Å²) in [5.41, 5.74) is 1.45. The Kier molecular flexibility index (Phi) is 2.82. The lowest BCUT2D eigenvalue weighted by Gasteiger charge is -2.04. The average Bonchev–Trinajstić information content (AvgIpc) is 2.91. The van der Waals surface area contributed by atoms with E-state index in [4.69, 9.17) is 0 Å². The molecule has 0 radical (unpaired) electrons. The summed E-state index contributed by atoms with van der Waals surface area (Å²) in [5, 5.41) is 2.35. The van der Waals surface area contributed by atoms with Crippen LogP contribution in [0.15, 0.2) is 52.9 Å². The number of benzene rings is 1. The fourth-order valence-corrected chi connectivity index (χ4v) is 2.47. The molecule has 0 atom stereocenters. The average molecular weight is 255 g/mol. The molecule has 3 rings (SSSR count). The molecule has 2 aromatic heterocycles. The molecule has 0 aliphatic rings.